The molecule has 1 saturated heterocycles. The molecule has 0 radical (unpaired) electrons. The number of carbonyl (C=O) groups is 2. The third-order valence-corrected chi connectivity index (χ3v) is 6.54. The molecule has 0 bridgehead atoms. The Kier molecular flexibility index (Phi) is 5.83. The smallest absolute Gasteiger partial charge is 0.410 e. The van der Waals surface area contributed by atoms with E-state index >= 15 is 0 Å². The third kappa shape index (κ3) is 4.61. The molecule has 0 saturated carbocycles. The molecule has 8 heteroatoms. The lowest BCUT2D eigenvalue weighted by molar-refractivity contribution is -0.120. The van der Waals surface area contributed by atoms with Crippen LogP contribution in [-0.2, 0) is 16.1 Å². The van der Waals surface area contributed by atoms with E-state index in [1.807, 2.05) is 54.8 Å². The van der Waals surface area contributed by atoms with Crippen molar-refractivity contribution in [3.05, 3.63) is 71.2 Å². The van der Waals surface area contributed by atoms with Gasteiger partial charge in [0, 0.05) is 34.1 Å². The van der Waals surface area contributed by atoms with Crippen molar-refractivity contribution in [1.29, 1.82) is 0 Å². The third-order valence-electron chi connectivity index (χ3n) is 5.78. The average molecular weight is 461 g/mol. The van der Waals surface area contributed by atoms with E-state index in [0.717, 1.165) is 39.8 Å². The zero-order chi connectivity index (χ0) is 22.8. The summed E-state index contributed by atoms with van der Waals surface area (Å²) in [4.78, 5) is 34.9. The topological polar surface area (TPSA) is 87.3 Å². The second kappa shape index (κ2) is 9.07. The molecular weight excluding hydrogens is 436 g/mol. The van der Waals surface area contributed by atoms with Gasteiger partial charge >= 0.3 is 6.09 Å². The first-order valence-corrected chi connectivity index (χ1v) is 11.8. The number of nitrogens with one attached hydrogen (secondary N) is 2. The van der Waals surface area contributed by atoms with Gasteiger partial charge in [-0.15, -0.1) is 11.3 Å². The SMILES string of the molecule is Cc1cc2cc(-c3csc(NC(=O)[C@H]4CCCN4C(=O)OCc4ccccc4)n3)ccc2[nH]1. The van der Waals surface area contributed by atoms with Crippen LogP contribution in [-0.4, -0.2) is 39.5 Å². The number of H-pyrrole nitrogens is 1. The highest BCUT2D eigenvalue weighted by atomic mass is 32.1. The summed E-state index contributed by atoms with van der Waals surface area (Å²) in [6.07, 6.45) is 0.901. The number of fused-ring (bicyclic) bond motifs is 1. The van der Waals surface area contributed by atoms with Gasteiger partial charge in [-0.25, -0.2) is 9.78 Å². The van der Waals surface area contributed by atoms with E-state index in [1.165, 1.54) is 16.2 Å². The maximum Gasteiger partial charge on any atom is 0.410 e. The van der Waals surface area contributed by atoms with Gasteiger partial charge in [0.25, 0.3) is 0 Å². The number of amides is 2. The number of hydrogen-bond donors (Lipinski definition) is 2. The number of carbonyl (C=O) groups excluding carboxylic acids is 2. The summed E-state index contributed by atoms with van der Waals surface area (Å²) in [6.45, 7) is 2.72. The minimum atomic E-state index is -0.556. The van der Waals surface area contributed by atoms with Crippen LogP contribution in [0.2, 0.25) is 0 Å². The lowest BCUT2D eigenvalue weighted by Crippen LogP contribution is -2.43. The van der Waals surface area contributed by atoms with E-state index < -0.39 is 12.1 Å². The van der Waals surface area contributed by atoms with Crippen molar-refractivity contribution in [3.8, 4) is 11.3 Å². The largest absolute Gasteiger partial charge is 0.445 e. The number of thiazole rings is 1. The number of aryl methyl sites for hydroxylation is 1. The van der Waals surface area contributed by atoms with E-state index in [9.17, 15) is 9.59 Å². The van der Waals surface area contributed by atoms with E-state index in [0.29, 0.717) is 18.1 Å². The molecule has 1 atom stereocenters. The van der Waals surface area contributed by atoms with Gasteiger partial charge < -0.3 is 15.0 Å². The Morgan fingerprint density at radius 2 is 2.06 bits per heavy atom. The van der Waals surface area contributed by atoms with Crippen LogP contribution in [0.4, 0.5) is 9.93 Å². The van der Waals surface area contributed by atoms with Crippen molar-refractivity contribution >= 4 is 39.4 Å². The minimum Gasteiger partial charge on any atom is -0.445 e. The molecule has 4 aromatic rings. The molecule has 0 unspecified atom stereocenters. The van der Waals surface area contributed by atoms with Crippen molar-refractivity contribution in [1.82, 2.24) is 14.9 Å². The number of anilines is 1. The summed E-state index contributed by atoms with van der Waals surface area (Å²) in [6, 6.07) is 17.2. The molecule has 7 nitrogen and oxygen atoms in total. The highest BCUT2D eigenvalue weighted by Crippen LogP contribution is 2.29. The molecule has 1 aliphatic rings. The second-order valence-electron chi connectivity index (χ2n) is 8.17. The van der Waals surface area contributed by atoms with E-state index in [-0.39, 0.29) is 12.5 Å². The maximum atomic E-state index is 12.9. The number of likely N-dealkylation sites (tertiary alicyclic amines) is 1. The van der Waals surface area contributed by atoms with Crippen LogP contribution in [0.15, 0.2) is 60.0 Å². The molecule has 5 rings (SSSR count). The van der Waals surface area contributed by atoms with Crippen molar-refractivity contribution < 1.29 is 14.3 Å². The summed E-state index contributed by atoms with van der Waals surface area (Å²) in [5, 5.41) is 6.46. The van der Waals surface area contributed by atoms with Gasteiger partial charge in [0.15, 0.2) is 5.13 Å². The second-order valence-corrected chi connectivity index (χ2v) is 9.03. The minimum absolute atomic E-state index is 0.186. The number of hydrogen-bond acceptors (Lipinski definition) is 5. The molecule has 1 fully saturated rings. The van der Waals surface area contributed by atoms with Gasteiger partial charge in [-0.1, -0.05) is 36.4 Å². The standard InChI is InChI=1S/C25H24N4O3S/c1-16-12-19-13-18(9-10-20(19)26-16)21-15-33-24(27-21)28-23(30)22-8-5-11-29(22)25(31)32-14-17-6-3-2-4-7-17/h2-4,6-7,9-10,12-13,15,22,26H,5,8,11,14H2,1H3,(H,27,28,30)/t22-/m1/s1. The first kappa shape index (κ1) is 21.2. The molecule has 3 heterocycles. The highest BCUT2D eigenvalue weighted by molar-refractivity contribution is 7.14. The molecule has 2 aromatic carbocycles. The monoisotopic (exact) mass is 460 g/mol. The number of aromatic amines is 1. The number of rotatable bonds is 5. The number of benzene rings is 2. The van der Waals surface area contributed by atoms with Crippen LogP contribution in [0.1, 0.15) is 24.1 Å². The average Bonchev–Trinajstić information content (AvgIpc) is 3.56. The Balaban J connectivity index is 1.23. The summed E-state index contributed by atoms with van der Waals surface area (Å²) < 4.78 is 5.43. The number of aromatic nitrogens is 2. The fourth-order valence-corrected chi connectivity index (χ4v) is 4.87. The fraction of sp³-hybridized carbons (Fsp3) is 0.240. The molecule has 33 heavy (non-hydrogen) atoms. The van der Waals surface area contributed by atoms with E-state index in [1.54, 1.807) is 0 Å². The Morgan fingerprint density at radius 3 is 2.91 bits per heavy atom. The lowest BCUT2D eigenvalue weighted by Gasteiger charge is -2.22. The summed E-state index contributed by atoms with van der Waals surface area (Å²) >= 11 is 1.37. The quantitative estimate of drug-likeness (QED) is 0.421. The van der Waals surface area contributed by atoms with Crippen molar-refractivity contribution in [3.63, 3.8) is 0 Å². The maximum absolute atomic E-state index is 12.9. The zero-order valence-corrected chi connectivity index (χ0v) is 19.0. The predicted molar refractivity (Wildman–Crippen MR) is 129 cm³/mol. The molecule has 0 aliphatic carbocycles. The highest BCUT2D eigenvalue weighted by Gasteiger charge is 2.35. The van der Waals surface area contributed by atoms with Crippen LogP contribution in [0.5, 0.6) is 0 Å². The Bertz CT molecular complexity index is 1300. The molecular formula is C25H24N4O3S. The van der Waals surface area contributed by atoms with Crippen molar-refractivity contribution in [2.75, 3.05) is 11.9 Å². The molecule has 2 aromatic heterocycles. The fourth-order valence-electron chi connectivity index (χ4n) is 4.15. The van der Waals surface area contributed by atoms with Crippen LogP contribution >= 0.6 is 11.3 Å². The van der Waals surface area contributed by atoms with Crippen LogP contribution in [0.3, 0.4) is 0 Å². The van der Waals surface area contributed by atoms with Gasteiger partial charge in [0.05, 0.1) is 5.69 Å². The van der Waals surface area contributed by atoms with Crippen LogP contribution in [0, 0.1) is 6.92 Å². The van der Waals surface area contributed by atoms with Crippen LogP contribution in [0.25, 0.3) is 22.2 Å². The van der Waals surface area contributed by atoms with Gasteiger partial charge in [0.1, 0.15) is 12.6 Å². The molecule has 2 amide bonds. The number of ether oxygens (including phenoxy) is 1. The Labute approximate surface area is 195 Å². The van der Waals surface area contributed by atoms with Gasteiger partial charge in [-0.2, -0.15) is 0 Å². The normalized spacial score (nSPS) is 15.7. The lowest BCUT2D eigenvalue weighted by atomic mass is 10.1. The molecule has 0 spiro atoms. The zero-order valence-electron chi connectivity index (χ0n) is 18.2. The van der Waals surface area contributed by atoms with Gasteiger partial charge in [-0.05, 0) is 43.5 Å². The summed E-state index contributed by atoms with van der Waals surface area (Å²) in [7, 11) is 0. The van der Waals surface area contributed by atoms with Crippen molar-refractivity contribution in [2.24, 2.45) is 0 Å². The Hall–Kier alpha value is -3.65. The van der Waals surface area contributed by atoms with E-state index in [2.05, 4.69) is 27.4 Å². The first-order chi connectivity index (χ1) is 16.1. The summed E-state index contributed by atoms with van der Waals surface area (Å²) in [5.74, 6) is -0.234. The molecule has 168 valence electrons. The predicted octanol–water partition coefficient (Wildman–Crippen LogP) is 5.34. The van der Waals surface area contributed by atoms with Gasteiger partial charge in [0.2, 0.25) is 5.91 Å². The first-order valence-electron chi connectivity index (χ1n) is 10.9. The summed E-state index contributed by atoms with van der Waals surface area (Å²) in [5.41, 5.74) is 4.90. The van der Waals surface area contributed by atoms with Crippen LogP contribution < -0.4 is 5.32 Å². The van der Waals surface area contributed by atoms with E-state index in [4.69, 9.17) is 4.74 Å². The van der Waals surface area contributed by atoms with Gasteiger partial charge in [-0.3, -0.25) is 9.69 Å². The molecule has 2 N–H and O–H groups in total. The number of nitrogens with zero attached hydrogens (tertiary/aromatic N) is 2. The van der Waals surface area contributed by atoms with Crippen molar-refractivity contribution in [2.45, 2.75) is 32.4 Å². The Morgan fingerprint density at radius 1 is 1.21 bits per heavy atom. The molecule has 1 aliphatic heterocycles.